The molecule has 7 nitrogen and oxygen atoms in total. The van der Waals surface area contributed by atoms with Crippen LogP contribution in [0, 0.1) is 21.4 Å². The molecule has 1 unspecified atom stereocenters. The second-order valence-electron chi connectivity index (χ2n) is 3.69. The fourth-order valence-corrected chi connectivity index (χ4v) is 1.56. The first-order chi connectivity index (χ1) is 8.63. The summed E-state index contributed by atoms with van der Waals surface area (Å²) in [5, 5.41) is 31.6. The lowest BCUT2D eigenvalue weighted by atomic mass is 10.1. The second-order valence-corrected chi connectivity index (χ2v) is 3.69. The second kappa shape index (κ2) is 6.51. The van der Waals surface area contributed by atoms with Gasteiger partial charge >= 0.3 is 5.69 Å². The molecule has 2 N–H and O–H groups in total. The number of rotatable bonds is 6. The number of hydrogen-bond acceptors (Lipinski definition) is 6. The number of pyridine rings is 1. The van der Waals surface area contributed by atoms with E-state index < -0.39 is 4.92 Å². The zero-order valence-corrected chi connectivity index (χ0v) is 9.96. The highest BCUT2D eigenvalue weighted by atomic mass is 16.6. The average molecular weight is 250 g/mol. The Morgan fingerprint density at radius 2 is 2.44 bits per heavy atom. The van der Waals surface area contributed by atoms with Gasteiger partial charge in [0.1, 0.15) is 11.6 Å². The Balaban J connectivity index is 3.08. The molecule has 1 rings (SSSR count). The van der Waals surface area contributed by atoms with Crippen molar-refractivity contribution in [3.05, 3.63) is 27.9 Å². The van der Waals surface area contributed by atoms with Crippen molar-refractivity contribution in [1.82, 2.24) is 4.98 Å². The predicted molar refractivity (Wildman–Crippen MR) is 65.0 cm³/mol. The molecule has 0 spiro atoms. The van der Waals surface area contributed by atoms with Crippen molar-refractivity contribution >= 4 is 11.5 Å². The van der Waals surface area contributed by atoms with Crippen LogP contribution in [-0.4, -0.2) is 27.7 Å². The Labute approximate surface area is 104 Å². The van der Waals surface area contributed by atoms with Crippen molar-refractivity contribution in [3.8, 4) is 6.07 Å². The fourth-order valence-electron chi connectivity index (χ4n) is 1.56. The molecule has 0 fully saturated rings. The molecular weight excluding hydrogens is 236 g/mol. The summed E-state index contributed by atoms with van der Waals surface area (Å²) in [6.07, 6.45) is 2.50. The van der Waals surface area contributed by atoms with Gasteiger partial charge < -0.3 is 10.4 Å². The monoisotopic (exact) mass is 250 g/mol. The fraction of sp³-hybridized carbons (Fsp3) is 0.455. The lowest BCUT2D eigenvalue weighted by Gasteiger charge is -2.16. The topological polar surface area (TPSA) is 112 Å². The van der Waals surface area contributed by atoms with Crippen LogP contribution in [0.15, 0.2) is 12.3 Å². The Bertz CT molecular complexity index is 470. The maximum absolute atomic E-state index is 11.0. The van der Waals surface area contributed by atoms with E-state index in [0.717, 1.165) is 0 Å². The van der Waals surface area contributed by atoms with Crippen molar-refractivity contribution < 1.29 is 10.0 Å². The van der Waals surface area contributed by atoms with Crippen LogP contribution in [0.1, 0.15) is 25.3 Å². The molecule has 1 aromatic rings. The van der Waals surface area contributed by atoms with Gasteiger partial charge in [0.2, 0.25) is 5.82 Å². The van der Waals surface area contributed by atoms with Crippen molar-refractivity contribution in [2.24, 2.45) is 0 Å². The zero-order chi connectivity index (χ0) is 13.5. The molecule has 7 heteroatoms. The van der Waals surface area contributed by atoms with Gasteiger partial charge in [0.15, 0.2) is 0 Å². The van der Waals surface area contributed by atoms with E-state index in [1.165, 1.54) is 12.3 Å². The van der Waals surface area contributed by atoms with Gasteiger partial charge in [0, 0.05) is 18.8 Å². The van der Waals surface area contributed by atoms with Crippen molar-refractivity contribution in [2.45, 2.75) is 25.8 Å². The van der Waals surface area contributed by atoms with Gasteiger partial charge in [0.05, 0.1) is 4.92 Å². The molecule has 96 valence electrons. The van der Waals surface area contributed by atoms with Crippen LogP contribution in [0.2, 0.25) is 0 Å². The SMILES string of the molecule is CCC(CCO)Nc1nccc(C#N)c1[N+](=O)[O-]. The van der Waals surface area contributed by atoms with Crippen molar-refractivity contribution in [3.63, 3.8) is 0 Å². The van der Waals surface area contributed by atoms with Gasteiger partial charge in [0.25, 0.3) is 0 Å². The molecular formula is C11H14N4O3. The molecule has 0 aliphatic rings. The van der Waals surface area contributed by atoms with Crippen LogP contribution in [0.4, 0.5) is 11.5 Å². The first-order valence-corrected chi connectivity index (χ1v) is 5.54. The lowest BCUT2D eigenvalue weighted by molar-refractivity contribution is -0.384. The summed E-state index contributed by atoms with van der Waals surface area (Å²) in [5.41, 5.74) is -0.354. The van der Waals surface area contributed by atoms with E-state index >= 15 is 0 Å². The van der Waals surface area contributed by atoms with Gasteiger partial charge in [-0.05, 0) is 18.9 Å². The number of anilines is 1. The lowest BCUT2D eigenvalue weighted by Crippen LogP contribution is -2.21. The molecule has 0 radical (unpaired) electrons. The summed E-state index contributed by atoms with van der Waals surface area (Å²) >= 11 is 0. The molecule has 18 heavy (non-hydrogen) atoms. The quantitative estimate of drug-likeness (QED) is 0.583. The summed E-state index contributed by atoms with van der Waals surface area (Å²) in [6.45, 7) is 1.88. The molecule has 0 aromatic carbocycles. The normalized spacial score (nSPS) is 11.6. The molecule has 1 heterocycles. The largest absolute Gasteiger partial charge is 0.396 e. The maximum atomic E-state index is 11.0. The number of nitrogens with zero attached hydrogens (tertiary/aromatic N) is 3. The van der Waals surface area contributed by atoms with E-state index in [4.69, 9.17) is 10.4 Å². The zero-order valence-electron chi connectivity index (χ0n) is 9.96. The maximum Gasteiger partial charge on any atom is 0.328 e. The van der Waals surface area contributed by atoms with Crippen molar-refractivity contribution in [1.29, 1.82) is 5.26 Å². The molecule has 0 aliphatic carbocycles. The van der Waals surface area contributed by atoms with E-state index in [1.807, 2.05) is 6.92 Å². The van der Waals surface area contributed by atoms with Crippen LogP contribution in [0.25, 0.3) is 0 Å². The third-order valence-corrected chi connectivity index (χ3v) is 2.54. The third-order valence-electron chi connectivity index (χ3n) is 2.54. The van der Waals surface area contributed by atoms with E-state index in [-0.39, 0.29) is 29.7 Å². The smallest absolute Gasteiger partial charge is 0.328 e. The number of aliphatic hydroxyl groups excluding tert-OH is 1. The Morgan fingerprint density at radius 1 is 1.72 bits per heavy atom. The Kier molecular flexibility index (Phi) is 5.02. The molecule has 0 aliphatic heterocycles. The third kappa shape index (κ3) is 3.15. The number of aromatic nitrogens is 1. The summed E-state index contributed by atoms with van der Waals surface area (Å²) in [5.74, 6) is 0.0688. The molecule has 1 atom stereocenters. The highest BCUT2D eigenvalue weighted by Gasteiger charge is 2.22. The molecule has 0 bridgehead atoms. The standard InChI is InChI=1S/C11H14N4O3/c1-2-9(4-6-16)14-11-10(15(17)18)8(7-12)3-5-13-11/h3,5,9,16H,2,4,6H2,1H3,(H,13,14). The molecule has 1 aromatic heterocycles. The van der Waals surface area contributed by atoms with Gasteiger partial charge in [-0.3, -0.25) is 10.1 Å². The summed E-state index contributed by atoms with van der Waals surface area (Å²) in [7, 11) is 0. The minimum Gasteiger partial charge on any atom is -0.396 e. The van der Waals surface area contributed by atoms with Crippen LogP contribution in [0.3, 0.4) is 0 Å². The highest BCUT2D eigenvalue weighted by Crippen LogP contribution is 2.26. The van der Waals surface area contributed by atoms with Crippen molar-refractivity contribution in [2.75, 3.05) is 11.9 Å². The van der Waals surface area contributed by atoms with Gasteiger partial charge in [-0.2, -0.15) is 5.26 Å². The first kappa shape index (κ1) is 13.9. The summed E-state index contributed by atoms with van der Waals surface area (Å²) < 4.78 is 0. The summed E-state index contributed by atoms with van der Waals surface area (Å²) in [6, 6.07) is 2.96. The van der Waals surface area contributed by atoms with Gasteiger partial charge in [-0.25, -0.2) is 4.98 Å². The minimum atomic E-state index is -0.625. The van der Waals surface area contributed by atoms with Crippen LogP contribution >= 0.6 is 0 Å². The van der Waals surface area contributed by atoms with Crippen LogP contribution in [0.5, 0.6) is 0 Å². The van der Waals surface area contributed by atoms with Gasteiger partial charge in [-0.15, -0.1) is 0 Å². The van der Waals surface area contributed by atoms with E-state index in [2.05, 4.69) is 10.3 Å². The summed E-state index contributed by atoms with van der Waals surface area (Å²) in [4.78, 5) is 14.2. The number of nitriles is 1. The Morgan fingerprint density at radius 3 is 2.94 bits per heavy atom. The number of nitro groups is 1. The number of hydrogen-bond donors (Lipinski definition) is 2. The predicted octanol–water partition coefficient (Wildman–Crippen LogP) is 1.43. The van der Waals surface area contributed by atoms with E-state index in [0.29, 0.717) is 12.8 Å². The van der Waals surface area contributed by atoms with Crippen LogP contribution in [-0.2, 0) is 0 Å². The molecule has 0 amide bonds. The highest BCUT2D eigenvalue weighted by molar-refractivity contribution is 5.64. The number of nitrogens with one attached hydrogen (secondary N) is 1. The molecule has 0 saturated heterocycles. The number of aliphatic hydroxyl groups is 1. The Hall–Kier alpha value is -2.20. The van der Waals surface area contributed by atoms with Gasteiger partial charge in [-0.1, -0.05) is 6.92 Å². The van der Waals surface area contributed by atoms with E-state index in [9.17, 15) is 10.1 Å². The molecule has 0 saturated carbocycles. The first-order valence-electron chi connectivity index (χ1n) is 5.54. The van der Waals surface area contributed by atoms with E-state index in [1.54, 1.807) is 6.07 Å². The van der Waals surface area contributed by atoms with Crippen LogP contribution < -0.4 is 5.32 Å². The average Bonchev–Trinajstić information content (AvgIpc) is 2.37. The minimum absolute atomic E-state index is 0.0166.